The summed E-state index contributed by atoms with van der Waals surface area (Å²) in [6.45, 7) is 0. The fourth-order valence-corrected chi connectivity index (χ4v) is 1.36. The lowest BCUT2D eigenvalue weighted by molar-refractivity contribution is -0.137. The van der Waals surface area contributed by atoms with Crippen LogP contribution in [0.1, 0.15) is 27.0 Å². The number of hydrogen-bond donors (Lipinski definition) is 0. The molecule has 1 aromatic carbocycles. The third kappa shape index (κ3) is 2.61. The summed E-state index contributed by atoms with van der Waals surface area (Å²) in [7, 11) is 0. The number of alkyl halides is 3. The van der Waals surface area contributed by atoms with Gasteiger partial charge in [-0.3, -0.25) is 4.79 Å². The monoisotopic (exact) mass is 238 g/mol. The van der Waals surface area contributed by atoms with Gasteiger partial charge in [-0.2, -0.15) is 23.7 Å². The van der Waals surface area contributed by atoms with Crippen LogP contribution in [-0.2, 0) is 12.6 Å². The summed E-state index contributed by atoms with van der Waals surface area (Å²) in [4.78, 5) is 10.6. The largest absolute Gasteiger partial charge is 0.417 e. The van der Waals surface area contributed by atoms with Crippen LogP contribution in [0.3, 0.4) is 0 Å². The molecule has 0 N–H and O–H groups in total. The molecule has 1 rings (SSSR count). The van der Waals surface area contributed by atoms with E-state index in [1.807, 2.05) is 0 Å². The maximum Gasteiger partial charge on any atom is 0.417 e. The summed E-state index contributed by atoms with van der Waals surface area (Å²) in [5.41, 5.74) is -2.19. The van der Waals surface area contributed by atoms with E-state index in [1.165, 1.54) is 6.07 Å². The summed E-state index contributed by atoms with van der Waals surface area (Å²) in [5.74, 6) is 0. The van der Waals surface area contributed by atoms with E-state index in [-0.39, 0.29) is 23.8 Å². The Balaban J connectivity index is 3.56. The minimum Gasteiger partial charge on any atom is -0.298 e. The normalized spacial score (nSPS) is 10.4. The van der Waals surface area contributed by atoms with Crippen molar-refractivity contribution in [3.05, 3.63) is 34.4 Å². The number of benzene rings is 1. The van der Waals surface area contributed by atoms with Crippen molar-refractivity contribution in [3.63, 3.8) is 0 Å². The lowest BCUT2D eigenvalue weighted by Crippen LogP contribution is -2.11. The Morgan fingerprint density at radius 1 is 1.29 bits per heavy atom. The molecule has 0 atom stereocenters. The topological polar surface area (TPSA) is 64.7 Å². The maximum absolute atomic E-state index is 12.6. The van der Waals surface area contributed by atoms with Crippen LogP contribution in [0.2, 0.25) is 0 Å². The van der Waals surface area contributed by atoms with Crippen molar-refractivity contribution in [1.29, 1.82) is 10.5 Å². The minimum absolute atomic E-state index is 0.00245. The molecule has 0 aliphatic carbocycles. The first kappa shape index (κ1) is 12.7. The molecule has 0 bridgehead atoms. The molecule has 0 heterocycles. The van der Waals surface area contributed by atoms with E-state index in [1.54, 1.807) is 6.07 Å². The van der Waals surface area contributed by atoms with Crippen LogP contribution in [0.15, 0.2) is 12.1 Å². The van der Waals surface area contributed by atoms with Gasteiger partial charge in [0.05, 0.1) is 29.7 Å². The van der Waals surface area contributed by atoms with Crippen molar-refractivity contribution < 1.29 is 18.0 Å². The zero-order valence-electron chi connectivity index (χ0n) is 8.38. The molecular formula is C11H5F3N2O. The molecule has 0 aliphatic heterocycles. The van der Waals surface area contributed by atoms with Gasteiger partial charge in [0.25, 0.3) is 0 Å². The van der Waals surface area contributed by atoms with Crippen LogP contribution in [0.4, 0.5) is 13.2 Å². The average molecular weight is 238 g/mol. The van der Waals surface area contributed by atoms with Crippen molar-refractivity contribution in [1.82, 2.24) is 0 Å². The van der Waals surface area contributed by atoms with Gasteiger partial charge in [-0.15, -0.1) is 0 Å². The molecule has 6 heteroatoms. The molecule has 0 unspecified atom stereocenters. The van der Waals surface area contributed by atoms with Crippen molar-refractivity contribution in [2.75, 3.05) is 0 Å². The summed E-state index contributed by atoms with van der Waals surface area (Å²) < 4.78 is 37.9. The smallest absolute Gasteiger partial charge is 0.298 e. The van der Waals surface area contributed by atoms with Crippen molar-refractivity contribution in [3.8, 4) is 12.1 Å². The molecule has 0 aliphatic rings. The first-order valence-electron chi connectivity index (χ1n) is 4.40. The molecule has 0 fully saturated rings. The van der Waals surface area contributed by atoms with Gasteiger partial charge in [0, 0.05) is 5.56 Å². The van der Waals surface area contributed by atoms with Crippen molar-refractivity contribution >= 4 is 6.29 Å². The molecule has 0 saturated heterocycles. The molecule has 0 radical (unpaired) electrons. The number of aldehydes is 1. The van der Waals surface area contributed by atoms with Gasteiger partial charge >= 0.3 is 6.18 Å². The molecule has 3 nitrogen and oxygen atoms in total. The first-order chi connectivity index (χ1) is 7.93. The summed E-state index contributed by atoms with van der Waals surface area (Å²) in [6.07, 6.45) is -4.98. The van der Waals surface area contributed by atoms with Crippen LogP contribution in [0.25, 0.3) is 0 Å². The molecule has 1 aromatic rings. The second kappa shape index (κ2) is 4.67. The standard InChI is InChI=1S/C11H5F3N2O/c12-11(13,14)10-4-7(1-2-15)3-8(5-16)9(10)6-17/h3-4,6H,1H2. The number of carbonyl (C=O) groups excluding carboxylic acids is 1. The van der Waals surface area contributed by atoms with Crippen LogP contribution >= 0.6 is 0 Å². The van der Waals surface area contributed by atoms with E-state index in [9.17, 15) is 18.0 Å². The highest BCUT2D eigenvalue weighted by Gasteiger charge is 2.34. The SMILES string of the molecule is N#CCc1cc(C#N)c(C=O)c(C(F)(F)F)c1. The van der Waals surface area contributed by atoms with Crippen molar-refractivity contribution in [2.24, 2.45) is 0 Å². The Labute approximate surface area is 94.7 Å². The third-order valence-corrected chi connectivity index (χ3v) is 2.07. The summed E-state index contributed by atoms with van der Waals surface area (Å²) in [5, 5.41) is 17.1. The van der Waals surface area contributed by atoms with Gasteiger partial charge in [-0.05, 0) is 17.7 Å². The Bertz CT molecular complexity index is 535. The third-order valence-electron chi connectivity index (χ3n) is 2.07. The van der Waals surface area contributed by atoms with Gasteiger partial charge in [-0.1, -0.05) is 0 Å². The van der Waals surface area contributed by atoms with E-state index in [0.29, 0.717) is 6.07 Å². The van der Waals surface area contributed by atoms with E-state index in [0.717, 1.165) is 6.07 Å². The lowest BCUT2D eigenvalue weighted by Gasteiger charge is -2.11. The van der Waals surface area contributed by atoms with Gasteiger partial charge in [0.2, 0.25) is 0 Å². The number of hydrogen-bond acceptors (Lipinski definition) is 3. The highest BCUT2D eigenvalue weighted by atomic mass is 19.4. The molecule has 0 aromatic heterocycles. The number of rotatable bonds is 2. The fourth-order valence-electron chi connectivity index (χ4n) is 1.36. The second-order valence-electron chi connectivity index (χ2n) is 3.17. The zero-order chi connectivity index (χ0) is 13.1. The van der Waals surface area contributed by atoms with Gasteiger partial charge < -0.3 is 0 Å². The minimum atomic E-state index is -4.73. The molecule has 0 amide bonds. The number of nitrogens with zero attached hydrogens (tertiary/aromatic N) is 2. The van der Waals surface area contributed by atoms with Gasteiger partial charge in [0.1, 0.15) is 0 Å². The Morgan fingerprint density at radius 3 is 2.35 bits per heavy atom. The molecule has 0 saturated carbocycles. The number of nitriles is 2. The highest BCUT2D eigenvalue weighted by Crippen LogP contribution is 2.33. The Kier molecular flexibility index (Phi) is 3.49. The molecule has 17 heavy (non-hydrogen) atoms. The average Bonchev–Trinajstić information content (AvgIpc) is 2.27. The van der Waals surface area contributed by atoms with Crippen LogP contribution < -0.4 is 0 Å². The second-order valence-corrected chi connectivity index (χ2v) is 3.17. The van der Waals surface area contributed by atoms with E-state index >= 15 is 0 Å². The fraction of sp³-hybridized carbons (Fsp3) is 0.182. The Hall–Kier alpha value is -2.34. The maximum atomic E-state index is 12.6. The van der Waals surface area contributed by atoms with Crippen LogP contribution in [0.5, 0.6) is 0 Å². The molecule has 0 spiro atoms. The van der Waals surface area contributed by atoms with Crippen molar-refractivity contribution in [2.45, 2.75) is 12.6 Å². The van der Waals surface area contributed by atoms with Gasteiger partial charge in [0.15, 0.2) is 6.29 Å². The van der Waals surface area contributed by atoms with E-state index in [4.69, 9.17) is 10.5 Å². The highest BCUT2D eigenvalue weighted by molar-refractivity contribution is 5.82. The molecular weight excluding hydrogens is 233 g/mol. The number of halogens is 3. The molecule has 86 valence electrons. The first-order valence-corrected chi connectivity index (χ1v) is 4.40. The predicted octanol–water partition coefficient (Wildman–Crippen LogP) is 2.46. The zero-order valence-corrected chi connectivity index (χ0v) is 8.38. The van der Waals surface area contributed by atoms with Crippen LogP contribution in [0, 0.1) is 22.7 Å². The quantitative estimate of drug-likeness (QED) is 0.743. The summed E-state index contributed by atoms with van der Waals surface area (Å²) >= 11 is 0. The van der Waals surface area contributed by atoms with E-state index in [2.05, 4.69) is 0 Å². The van der Waals surface area contributed by atoms with E-state index < -0.39 is 17.3 Å². The number of carbonyl (C=O) groups is 1. The summed E-state index contributed by atoms with van der Waals surface area (Å²) in [6, 6.07) is 5.03. The van der Waals surface area contributed by atoms with Gasteiger partial charge in [-0.25, -0.2) is 0 Å². The predicted molar refractivity (Wildman–Crippen MR) is 50.9 cm³/mol. The van der Waals surface area contributed by atoms with Crippen LogP contribution in [-0.4, -0.2) is 6.29 Å². The Morgan fingerprint density at radius 2 is 1.94 bits per heavy atom. The lowest BCUT2D eigenvalue weighted by atomic mass is 9.97.